The van der Waals surface area contributed by atoms with Crippen molar-refractivity contribution in [2.45, 2.75) is 13.0 Å². The first-order valence-corrected chi connectivity index (χ1v) is 8.60. The van der Waals surface area contributed by atoms with Crippen LogP contribution in [0.5, 0.6) is 0 Å². The molecule has 0 unspecified atom stereocenters. The van der Waals surface area contributed by atoms with Crippen molar-refractivity contribution in [3.63, 3.8) is 0 Å². The molecule has 0 saturated carbocycles. The Hall–Kier alpha value is -2.68. The monoisotopic (exact) mass is 336 g/mol. The third-order valence-electron chi connectivity index (χ3n) is 2.84. The Bertz CT molecular complexity index is 800. The molecule has 0 atom stereocenters. The smallest absolute Gasteiger partial charge is 0.264 e. The van der Waals surface area contributed by atoms with Crippen LogP contribution in [0.15, 0.2) is 43.0 Å². The van der Waals surface area contributed by atoms with Crippen LogP contribution in [0.1, 0.15) is 16.8 Å². The molecule has 23 heavy (non-hydrogen) atoms. The van der Waals surface area contributed by atoms with Gasteiger partial charge < -0.3 is 9.88 Å². The van der Waals surface area contributed by atoms with Crippen LogP contribution in [-0.2, 0) is 21.4 Å². The van der Waals surface area contributed by atoms with Crippen LogP contribution in [-0.4, -0.2) is 36.0 Å². The number of nitrogens with zero attached hydrogens (tertiary/aromatic N) is 2. The lowest BCUT2D eigenvalue weighted by Crippen LogP contribution is -2.29. The number of carbonyl (C=O) groups excluding carboxylic acids is 2. The number of anilines is 1. The van der Waals surface area contributed by atoms with Gasteiger partial charge in [-0.3, -0.25) is 9.59 Å². The molecule has 8 nitrogen and oxygen atoms in total. The van der Waals surface area contributed by atoms with E-state index in [1.807, 2.05) is 4.72 Å². The number of hydrogen-bond donors (Lipinski definition) is 2. The number of imidazole rings is 1. The SMILES string of the molecule is CS(=O)(=O)NC(=O)c1cccc(NC(=O)CCn2ccnc2)c1. The Kier molecular flexibility index (Phi) is 5.12. The van der Waals surface area contributed by atoms with Crippen molar-refractivity contribution >= 4 is 27.5 Å². The summed E-state index contributed by atoms with van der Waals surface area (Å²) in [5.41, 5.74) is 0.560. The molecule has 1 aromatic carbocycles. The lowest BCUT2D eigenvalue weighted by molar-refractivity contribution is -0.116. The molecule has 0 radical (unpaired) electrons. The Morgan fingerprint density at radius 2 is 2.09 bits per heavy atom. The standard InChI is InChI=1S/C14H16N4O4S/c1-23(21,22)17-14(20)11-3-2-4-12(9-11)16-13(19)5-7-18-8-6-15-10-18/h2-4,6,8-10H,5,7H2,1H3,(H,16,19)(H,17,20). The number of amides is 2. The second-order valence-electron chi connectivity index (χ2n) is 4.88. The number of aromatic nitrogens is 2. The van der Waals surface area contributed by atoms with Crippen molar-refractivity contribution in [1.82, 2.24) is 14.3 Å². The van der Waals surface area contributed by atoms with Gasteiger partial charge in [0.15, 0.2) is 0 Å². The summed E-state index contributed by atoms with van der Waals surface area (Å²) >= 11 is 0. The number of benzene rings is 1. The van der Waals surface area contributed by atoms with E-state index in [2.05, 4.69) is 10.3 Å². The Labute approximate surface area is 133 Å². The Morgan fingerprint density at radius 1 is 1.30 bits per heavy atom. The second kappa shape index (κ2) is 7.05. The van der Waals surface area contributed by atoms with E-state index in [0.717, 1.165) is 6.26 Å². The molecular formula is C14H16N4O4S. The van der Waals surface area contributed by atoms with Crippen molar-refractivity contribution in [2.75, 3.05) is 11.6 Å². The molecule has 1 heterocycles. The van der Waals surface area contributed by atoms with Gasteiger partial charge >= 0.3 is 0 Å². The van der Waals surface area contributed by atoms with Crippen LogP contribution in [0.3, 0.4) is 0 Å². The first-order chi connectivity index (χ1) is 10.8. The van der Waals surface area contributed by atoms with Crippen LogP contribution < -0.4 is 10.0 Å². The number of carbonyl (C=O) groups is 2. The first kappa shape index (κ1) is 16.7. The number of rotatable bonds is 6. The van der Waals surface area contributed by atoms with Gasteiger partial charge in [-0.05, 0) is 18.2 Å². The molecule has 9 heteroatoms. The van der Waals surface area contributed by atoms with Gasteiger partial charge in [0.05, 0.1) is 12.6 Å². The van der Waals surface area contributed by atoms with Crippen LogP contribution in [0.4, 0.5) is 5.69 Å². The average molecular weight is 336 g/mol. The van der Waals surface area contributed by atoms with E-state index in [9.17, 15) is 18.0 Å². The highest BCUT2D eigenvalue weighted by Crippen LogP contribution is 2.11. The molecule has 122 valence electrons. The number of sulfonamides is 1. The predicted molar refractivity (Wildman–Crippen MR) is 84.2 cm³/mol. The largest absolute Gasteiger partial charge is 0.337 e. The lowest BCUT2D eigenvalue weighted by Gasteiger charge is -2.08. The number of nitrogens with one attached hydrogen (secondary N) is 2. The van der Waals surface area contributed by atoms with E-state index in [1.165, 1.54) is 12.1 Å². The molecule has 2 amide bonds. The third kappa shape index (κ3) is 5.55. The van der Waals surface area contributed by atoms with E-state index in [-0.39, 0.29) is 17.9 Å². The topological polar surface area (TPSA) is 110 Å². The maximum atomic E-state index is 11.9. The van der Waals surface area contributed by atoms with Gasteiger partial charge in [0.1, 0.15) is 0 Å². The normalized spacial score (nSPS) is 11.0. The average Bonchev–Trinajstić information content (AvgIpc) is 2.97. The molecule has 0 bridgehead atoms. The highest BCUT2D eigenvalue weighted by atomic mass is 32.2. The molecule has 0 saturated heterocycles. The highest BCUT2D eigenvalue weighted by molar-refractivity contribution is 7.89. The fourth-order valence-electron chi connectivity index (χ4n) is 1.84. The summed E-state index contributed by atoms with van der Waals surface area (Å²) in [6.45, 7) is 0.486. The van der Waals surface area contributed by atoms with Gasteiger partial charge in [0.25, 0.3) is 5.91 Å². The first-order valence-electron chi connectivity index (χ1n) is 6.71. The second-order valence-corrected chi connectivity index (χ2v) is 6.63. The molecule has 0 fully saturated rings. The van der Waals surface area contributed by atoms with Crippen molar-refractivity contribution in [3.8, 4) is 0 Å². The van der Waals surface area contributed by atoms with Crippen LogP contribution in [0, 0.1) is 0 Å². The summed E-state index contributed by atoms with van der Waals surface area (Å²) in [5.74, 6) is -0.971. The minimum absolute atomic E-state index is 0.142. The summed E-state index contributed by atoms with van der Waals surface area (Å²) in [5, 5.41) is 2.66. The fraction of sp³-hybridized carbons (Fsp3) is 0.214. The van der Waals surface area contributed by atoms with Crippen molar-refractivity contribution in [1.29, 1.82) is 0 Å². The highest BCUT2D eigenvalue weighted by Gasteiger charge is 2.12. The zero-order valence-corrected chi connectivity index (χ0v) is 13.2. The van der Waals surface area contributed by atoms with E-state index in [4.69, 9.17) is 0 Å². The summed E-state index contributed by atoms with van der Waals surface area (Å²) in [6, 6.07) is 6.05. The summed E-state index contributed by atoms with van der Waals surface area (Å²) in [6.07, 6.45) is 6.14. The summed E-state index contributed by atoms with van der Waals surface area (Å²) < 4.78 is 25.8. The van der Waals surface area contributed by atoms with E-state index in [1.54, 1.807) is 35.4 Å². The molecule has 0 aliphatic carbocycles. The van der Waals surface area contributed by atoms with Crippen molar-refractivity contribution in [3.05, 3.63) is 48.5 Å². The van der Waals surface area contributed by atoms with Crippen LogP contribution in [0.25, 0.3) is 0 Å². The Morgan fingerprint density at radius 3 is 2.74 bits per heavy atom. The summed E-state index contributed by atoms with van der Waals surface area (Å²) in [7, 11) is -3.64. The van der Waals surface area contributed by atoms with Crippen molar-refractivity contribution in [2.24, 2.45) is 0 Å². The molecule has 2 rings (SSSR count). The van der Waals surface area contributed by atoms with Gasteiger partial charge in [0.2, 0.25) is 15.9 Å². The molecular weight excluding hydrogens is 320 g/mol. The Balaban J connectivity index is 1.96. The quantitative estimate of drug-likeness (QED) is 0.803. The third-order valence-corrected chi connectivity index (χ3v) is 3.40. The van der Waals surface area contributed by atoms with Crippen molar-refractivity contribution < 1.29 is 18.0 Å². The van der Waals surface area contributed by atoms with E-state index in [0.29, 0.717) is 12.2 Å². The minimum atomic E-state index is -3.64. The molecule has 2 N–H and O–H groups in total. The fourth-order valence-corrected chi connectivity index (χ4v) is 2.29. The molecule has 0 aliphatic rings. The number of aryl methyl sites for hydroxylation is 1. The van der Waals surface area contributed by atoms with E-state index >= 15 is 0 Å². The van der Waals surface area contributed by atoms with Crippen LogP contribution in [0.2, 0.25) is 0 Å². The maximum Gasteiger partial charge on any atom is 0.264 e. The zero-order chi connectivity index (χ0) is 16.9. The van der Waals surface area contributed by atoms with Crippen LogP contribution >= 0.6 is 0 Å². The summed E-state index contributed by atoms with van der Waals surface area (Å²) in [4.78, 5) is 27.5. The molecule has 0 spiro atoms. The van der Waals surface area contributed by atoms with Gasteiger partial charge in [0, 0.05) is 36.6 Å². The maximum absolute atomic E-state index is 11.9. The van der Waals surface area contributed by atoms with Gasteiger partial charge in [-0.2, -0.15) is 0 Å². The van der Waals surface area contributed by atoms with Gasteiger partial charge in [-0.15, -0.1) is 0 Å². The lowest BCUT2D eigenvalue weighted by atomic mass is 10.2. The van der Waals surface area contributed by atoms with Gasteiger partial charge in [-0.1, -0.05) is 6.07 Å². The molecule has 2 aromatic rings. The zero-order valence-electron chi connectivity index (χ0n) is 12.4. The minimum Gasteiger partial charge on any atom is -0.337 e. The number of hydrogen-bond acceptors (Lipinski definition) is 5. The van der Waals surface area contributed by atoms with Gasteiger partial charge in [-0.25, -0.2) is 18.1 Å². The predicted octanol–water partition coefficient (Wildman–Crippen LogP) is 0.601. The molecule has 0 aliphatic heterocycles. The molecule has 1 aromatic heterocycles. The van der Waals surface area contributed by atoms with E-state index < -0.39 is 15.9 Å².